The maximum absolute atomic E-state index is 12.5. The Balaban J connectivity index is 1.32. The van der Waals surface area contributed by atoms with Gasteiger partial charge in [-0.1, -0.05) is 6.08 Å². The summed E-state index contributed by atoms with van der Waals surface area (Å²) in [6.45, 7) is 5.34. The Bertz CT molecular complexity index is 937. The molecule has 0 bridgehead atoms. The molecule has 2 aliphatic heterocycles. The summed E-state index contributed by atoms with van der Waals surface area (Å²) in [5.74, 6) is 0.0204. The summed E-state index contributed by atoms with van der Waals surface area (Å²) in [5, 5.41) is 3.31. The van der Waals surface area contributed by atoms with Crippen LogP contribution in [-0.4, -0.2) is 77.7 Å². The predicted octanol–water partition coefficient (Wildman–Crippen LogP) is 1.34. The molecular formula is C22H27N5O3. The molecule has 4 heterocycles. The molecule has 0 aromatic carbocycles. The van der Waals surface area contributed by atoms with Gasteiger partial charge in [0.2, 0.25) is 5.91 Å². The van der Waals surface area contributed by atoms with E-state index in [0.717, 1.165) is 50.4 Å². The summed E-state index contributed by atoms with van der Waals surface area (Å²) in [4.78, 5) is 35.7. The number of anilines is 1. The van der Waals surface area contributed by atoms with Crippen LogP contribution in [0.25, 0.3) is 11.1 Å². The van der Waals surface area contributed by atoms with E-state index in [2.05, 4.69) is 20.2 Å². The fourth-order valence-electron chi connectivity index (χ4n) is 3.79. The van der Waals surface area contributed by atoms with Crippen LogP contribution in [0.3, 0.4) is 0 Å². The van der Waals surface area contributed by atoms with Gasteiger partial charge in [-0.15, -0.1) is 0 Å². The highest BCUT2D eigenvalue weighted by Gasteiger charge is 2.25. The van der Waals surface area contributed by atoms with Gasteiger partial charge in [-0.2, -0.15) is 0 Å². The standard InChI is InChI=1S/C22H27N5O3/c28-21(2-1-8-26-10-12-30-13-11-26)27-9-5-19(16-27)25-20-14-18(15-24-22(20)29)17-3-6-23-7-4-17/h1-4,6-7,14-15,19,25H,5,8-13,16H2,(H,24,29)/b2-1+. The van der Waals surface area contributed by atoms with Crippen LogP contribution in [0.1, 0.15) is 6.42 Å². The van der Waals surface area contributed by atoms with Crippen molar-refractivity contribution in [2.24, 2.45) is 0 Å². The predicted molar refractivity (Wildman–Crippen MR) is 115 cm³/mol. The van der Waals surface area contributed by atoms with Gasteiger partial charge in [0, 0.05) is 69.0 Å². The maximum atomic E-state index is 12.5. The zero-order valence-electron chi connectivity index (χ0n) is 16.9. The minimum atomic E-state index is -0.164. The summed E-state index contributed by atoms with van der Waals surface area (Å²) in [7, 11) is 0. The zero-order chi connectivity index (χ0) is 20.8. The van der Waals surface area contributed by atoms with Crippen LogP contribution in [0.15, 0.2) is 53.7 Å². The normalized spacial score (nSPS) is 20.0. The molecule has 0 saturated carbocycles. The SMILES string of the molecule is O=C(/C=C/CN1CCOCC1)N1CCC(Nc2cc(-c3ccncc3)c[nH]c2=O)C1. The van der Waals surface area contributed by atoms with Crippen molar-refractivity contribution in [2.75, 3.05) is 51.3 Å². The van der Waals surface area contributed by atoms with E-state index in [1.165, 1.54) is 0 Å². The number of hydrogen-bond donors (Lipinski definition) is 2. The Kier molecular flexibility index (Phi) is 6.56. The first-order valence-electron chi connectivity index (χ1n) is 10.3. The van der Waals surface area contributed by atoms with E-state index in [0.29, 0.717) is 18.8 Å². The molecule has 2 aromatic heterocycles. The maximum Gasteiger partial charge on any atom is 0.271 e. The number of amides is 1. The third kappa shape index (κ3) is 5.14. The van der Waals surface area contributed by atoms with Crippen molar-refractivity contribution in [3.8, 4) is 11.1 Å². The van der Waals surface area contributed by atoms with Crippen molar-refractivity contribution in [1.82, 2.24) is 19.8 Å². The lowest BCUT2D eigenvalue weighted by Crippen LogP contribution is -2.36. The van der Waals surface area contributed by atoms with Crippen molar-refractivity contribution < 1.29 is 9.53 Å². The number of nitrogens with one attached hydrogen (secondary N) is 2. The number of carbonyl (C=O) groups excluding carboxylic acids is 1. The van der Waals surface area contributed by atoms with Crippen LogP contribution in [0.5, 0.6) is 0 Å². The Hall–Kier alpha value is -2.97. The quantitative estimate of drug-likeness (QED) is 0.700. The Morgan fingerprint density at radius 3 is 2.83 bits per heavy atom. The van der Waals surface area contributed by atoms with Crippen LogP contribution in [-0.2, 0) is 9.53 Å². The largest absolute Gasteiger partial charge is 0.379 e. The molecule has 0 spiro atoms. The lowest BCUT2D eigenvalue weighted by molar-refractivity contribution is -0.125. The van der Waals surface area contributed by atoms with Crippen LogP contribution in [0, 0.1) is 0 Å². The number of carbonyl (C=O) groups is 1. The number of H-pyrrole nitrogens is 1. The number of aromatic nitrogens is 2. The summed E-state index contributed by atoms with van der Waals surface area (Å²) < 4.78 is 5.33. The number of rotatable bonds is 6. The first-order valence-corrected chi connectivity index (χ1v) is 10.3. The number of pyridine rings is 2. The van der Waals surface area contributed by atoms with E-state index >= 15 is 0 Å². The number of nitrogens with zero attached hydrogens (tertiary/aromatic N) is 3. The van der Waals surface area contributed by atoms with E-state index in [1.807, 2.05) is 29.2 Å². The van der Waals surface area contributed by atoms with Gasteiger partial charge in [0.15, 0.2) is 0 Å². The molecule has 30 heavy (non-hydrogen) atoms. The molecule has 0 radical (unpaired) electrons. The lowest BCUT2D eigenvalue weighted by atomic mass is 10.1. The van der Waals surface area contributed by atoms with E-state index in [-0.39, 0.29) is 17.5 Å². The van der Waals surface area contributed by atoms with Gasteiger partial charge in [0.1, 0.15) is 5.69 Å². The first kappa shape index (κ1) is 20.3. The molecule has 158 valence electrons. The molecule has 8 nitrogen and oxygen atoms in total. The molecule has 2 saturated heterocycles. The van der Waals surface area contributed by atoms with Gasteiger partial charge in [-0.25, -0.2) is 0 Å². The molecule has 2 N–H and O–H groups in total. The monoisotopic (exact) mass is 409 g/mol. The first-order chi connectivity index (χ1) is 14.7. The van der Waals surface area contributed by atoms with Gasteiger partial charge in [0.25, 0.3) is 5.56 Å². The minimum Gasteiger partial charge on any atom is -0.379 e. The second kappa shape index (κ2) is 9.69. The number of ether oxygens (including phenoxy) is 1. The van der Waals surface area contributed by atoms with E-state index < -0.39 is 0 Å². The Labute approximate surface area is 175 Å². The molecule has 0 aliphatic carbocycles. The highest BCUT2D eigenvalue weighted by molar-refractivity contribution is 5.87. The highest BCUT2D eigenvalue weighted by Crippen LogP contribution is 2.20. The fourth-order valence-corrected chi connectivity index (χ4v) is 3.79. The van der Waals surface area contributed by atoms with E-state index in [4.69, 9.17) is 4.74 Å². The summed E-state index contributed by atoms with van der Waals surface area (Å²) >= 11 is 0. The van der Waals surface area contributed by atoms with Crippen molar-refractivity contribution in [3.63, 3.8) is 0 Å². The Morgan fingerprint density at radius 2 is 2.03 bits per heavy atom. The molecule has 4 rings (SSSR count). The van der Waals surface area contributed by atoms with Gasteiger partial charge >= 0.3 is 0 Å². The van der Waals surface area contributed by atoms with Crippen molar-refractivity contribution in [3.05, 3.63) is 59.3 Å². The zero-order valence-corrected chi connectivity index (χ0v) is 16.9. The number of likely N-dealkylation sites (tertiary alicyclic amines) is 1. The highest BCUT2D eigenvalue weighted by atomic mass is 16.5. The molecule has 1 unspecified atom stereocenters. The van der Waals surface area contributed by atoms with E-state index in [9.17, 15) is 9.59 Å². The number of aromatic amines is 1. The average Bonchev–Trinajstić information content (AvgIpc) is 3.25. The van der Waals surface area contributed by atoms with Gasteiger partial charge in [-0.3, -0.25) is 19.5 Å². The number of morpholine rings is 1. The molecule has 2 aliphatic rings. The smallest absolute Gasteiger partial charge is 0.271 e. The van der Waals surface area contributed by atoms with Crippen LogP contribution in [0.2, 0.25) is 0 Å². The topological polar surface area (TPSA) is 90.6 Å². The lowest BCUT2D eigenvalue weighted by Gasteiger charge is -2.25. The van der Waals surface area contributed by atoms with E-state index in [1.54, 1.807) is 24.7 Å². The van der Waals surface area contributed by atoms with Crippen molar-refractivity contribution in [2.45, 2.75) is 12.5 Å². The van der Waals surface area contributed by atoms with Gasteiger partial charge in [0.05, 0.1) is 13.2 Å². The van der Waals surface area contributed by atoms with Crippen LogP contribution >= 0.6 is 0 Å². The van der Waals surface area contributed by atoms with Crippen LogP contribution in [0.4, 0.5) is 5.69 Å². The summed E-state index contributed by atoms with van der Waals surface area (Å²) in [5.41, 5.74) is 2.25. The number of hydrogen-bond acceptors (Lipinski definition) is 6. The summed E-state index contributed by atoms with van der Waals surface area (Å²) in [6.07, 6.45) is 9.54. The third-order valence-corrected chi connectivity index (χ3v) is 5.50. The van der Waals surface area contributed by atoms with Gasteiger partial charge < -0.3 is 19.9 Å². The van der Waals surface area contributed by atoms with Crippen molar-refractivity contribution >= 4 is 11.6 Å². The van der Waals surface area contributed by atoms with Crippen LogP contribution < -0.4 is 10.9 Å². The molecular weight excluding hydrogens is 382 g/mol. The minimum absolute atomic E-state index is 0.0204. The molecule has 8 heteroatoms. The third-order valence-electron chi connectivity index (χ3n) is 5.50. The second-order valence-electron chi connectivity index (χ2n) is 7.60. The second-order valence-corrected chi connectivity index (χ2v) is 7.60. The molecule has 2 aromatic rings. The summed E-state index contributed by atoms with van der Waals surface area (Å²) in [6, 6.07) is 5.70. The molecule has 2 fully saturated rings. The van der Waals surface area contributed by atoms with Crippen molar-refractivity contribution in [1.29, 1.82) is 0 Å². The molecule has 1 amide bonds. The fraction of sp³-hybridized carbons (Fsp3) is 0.409. The molecule has 1 atom stereocenters. The Morgan fingerprint density at radius 1 is 1.23 bits per heavy atom. The average molecular weight is 409 g/mol. The van der Waals surface area contributed by atoms with Gasteiger partial charge in [-0.05, 0) is 30.2 Å².